The van der Waals surface area contributed by atoms with E-state index in [-0.39, 0.29) is 5.91 Å². The molecule has 0 saturated carbocycles. The molecule has 132 valence electrons. The predicted octanol–water partition coefficient (Wildman–Crippen LogP) is 5.17. The van der Waals surface area contributed by atoms with Crippen LogP contribution >= 0.6 is 15.9 Å². The first-order valence-corrected chi connectivity index (χ1v) is 9.30. The van der Waals surface area contributed by atoms with Crippen LogP contribution in [-0.4, -0.2) is 18.7 Å². The van der Waals surface area contributed by atoms with Gasteiger partial charge in [0.25, 0.3) is 5.91 Å². The Bertz CT molecular complexity index is 682. The number of carbonyl (C=O) groups is 1. The van der Waals surface area contributed by atoms with Crippen molar-refractivity contribution >= 4 is 28.1 Å². The minimum absolute atomic E-state index is 0.240. The number of amides is 1. The summed E-state index contributed by atoms with van der Waals surface area (Å²) in [7, 11) is 0. The summed E-state index contributed by atoms with van der Waals surface area (Å²) in [6.07, 6.45) is 6.39. The molecule has 1 N–H and O–H groups in total. The van der Waals surface area contributed by atoms with Crippen molar-refractivity contribution in [2.45, 2.75) is 32.6 Å². The Morgan fingerprint density at radius 1 is 1.08 bits per heavy atom. The van der Waals surface area contributed by atoms with Crippen LogP contribution in [0.5, 0.6) is 5.75 Å². The standard InChI is InChI=1S/C20H23BrN2O2/c1-2-3-4-5-14-25-19-12-6-16(7-13-19)15-22-23-20(24)17-8-10-18(21)11-9-17/h6-13,15H,2-5,14H2,1H3,(H,23,24)/b22-15-. The summed E-state index contributed by atoms with van der Waals surface area (Å²) in [6, 6.07) is 14.8. The molecule has 0 aromatic heterocycles. The van der Waals surface area contributed by atoms with Gasteiger partial charge in [-0.1, -0.05) is 42.1 Å². The molecule has 0 saturated heterocycles. The third kappa shape index (κ3) is 7.10. The maximum Gasteiger partial charge on any atom is 0.271 e. The molecule has 0 aliphatic rings. The fourth-order valence-electron chi connectivity index (χ4n) is 2.20. The van der Waals surface area contributed by atoms with E-state index >= 15 is 0 Å². The van der Waals surface area contributed by atoms with Gasteiger partial charge >= 0.3 is 0 Å². The highest BCUT2D eigenvalue weighted by molar-refractivity contribution is 9.10. The summed E-state index contributed by atoms with van der Waals surface area (Å²) in [5.41, 5.74) is 3.98. The summed E-state index contributed by atoms with van der Waals surface area (Å²) in [6.45, 7) is 2.94. The monoisotopic (exact) mass is 402 g/mol. The fraction of sp³-hybridized carbons (Fsp3) is 0.300. The number of unbranched alkanes of at least 4 members (excludes halogenated alkanes) is 3. The van der Waals surface area contributed by atoms with Crippen molar-refractivity contribution < 1.29 is 9.53 Å². The minimum atomic E-state index is -0.240. The number of hydrogen-bond donors (Lipinski definition) is 1. The summed E-state index contributed by atoms with van der Waals surface area (Å²) < 4.78 is 6.63. The average Bonchev–Trinajstić information content (AvgIpc) is 2.63. The molecule has 2 aromatic carbocycles. The highest BCUT2D eigenvalue weighted by atomic mass is 79.9. The number of carbonyl (C=O) groups excluding carboxylic acids is 1. The van der Waals surface area contributed by atoms with E-state index in [0.717, 1.165) is 28.8 Å². The quantitative estimate of drug-likeness (QED) is 0.357. The van der Waals surface area contributed by atoms with Gasteiger partial charge in [-0.05, 0) is 60.5 Å². The van der Waals surface area contributed by atoms with Crippen LogP contribution in [0, 0.1) is 0 Å². The SMILES string of the molecule is CCCCCCOc1ccc(/C=N\NC(=O)c2ccc(Br)cc2)cc1. The smallest absolute Gasteiger partial charge is 0.271 e. The highest BCUT2D eigenvalue weighted by Gasteiger charge is 2.02. The van der Waals surface area contributed by atoms with Crippen molar-refractivity contribution in [1.29, 1.82) is 0 Å². The van der Waals surface area contributed by atoms with E-state index < -0.39 is 0 Å². The van der Waals surface area contributed by atoms with Gasteiger partial charge in [0, 0.05) is 10.0 Å². The summed E-state index contributed by atoms with van der Waals surface area (Å²) in [4.78, 5) is 11.9. The zero-order chi connectivity index (χ0) is 17.9. The van der Waals surface area contributed by atoms with Crippen LogP contribution in [0.2, 0.25) is 0 Å². The molecule has 5 heteroatoms. The summed E-state index contributed by atoms with van der Waals surface area (Å²) >= 11 is 3.34. The lowest BCUT2D eigenvalue weighted by atomic mass is 10.2. The Labute approximate surface area is 157 Å². The lowest BCUT2D eigenvalue weighted by Crippen LogP contribution is -2.17. The van der Waals surface area contributed by atoms with Crippen molar-refractivity contribution in [2.75, 3.05) is 6.61 Å². The molecule has 0 unspecified atom stereocenters. The maximum atomic E-state index is 11.9. The molecular formula is C20H23BrN2O2. The van der Waals surface area contributed by atoms with Gasteiger partial charge in [-0.15, -0.1) is 0 Å². The van der Waals surface area contributed by atoms with E-state index in [1.807, 2.05) is 36.4 Å². The fourth-order valence-corrected chi connectivity index (χ4v) is 2.46. The second-order valence-electron chi connectivity index (χ2n) is 5.68. The van der Waals surface area contributed by atoms with Gasteiger partial charge in [-0.3, -0.25) is 4.79 Å². The Morgan fingerprint density at radius 2 is 1.80 bits per heavy atom. The number of nitrogens with one attached hydrogen (secondary N) is 1. The van der Waals surface area contributed by atoms with Gasteiger partial charge in [-0.25, -0.2) is 5.43 Å². The molecule has 4 nitrogen and oxygen atoms in total. The van der Waals surface area contributed by atoms with E-state index in [1.54, 1.807) is 18.3 Å². The number of halogens is 1. The number of nitrogens with zero attached hydrogens (tertiary/aromatic N) is 1. The number of hydrazone groups is 1. The first kappa shape index (κ1) is 19.2. The zero-order valence-corrected chi connectivity index (χ0v) is 16.0. The Balaban J connectivity index is 1.77. The lowest BCUT2D eigenvalue weighted by Gasteiger charge is -2.06. The Kier molecular flexibility index (Phi) is 8.19. The lowest BCUT2D eigenvalue weighted by molar-refractivity contribution is 0.0955. The summed E-state index contributed by atoms with van der Waals surface area (Å²) in [5, 5.41) is 3.99. The van der Waals surface area contributed by atoms with Crippen LogP contribution in [0.1, 0.15) is 48.5 Å². The Morgan fingerprint density at radius 3 is 2.48 bits per heavy atom. The molecule has 0 fully saturated rings. The normalized spacial score (nSPS) is 10.8. The van der Waals surface area contributed by atoms with E-state index in [2.05, 4.69) is 33.4 Å². The van der Waals surface area contributed by atoms with E-state index in [0.29, 0.717) is 5.56 Å². The zero-order valence-electron chi connectivity index (χ0n) is 14.4. The highest BCUT2D eigenvalue weighted by Crippen LogP contribution is 2.12. The summed E-state index contributed by atoms with van der Waals surface area (Å²) in [5.74, 6) is 0.614. The molecular weight excluding hydrogens is 380 g/mol. The average molecular weight is 403 g/mol. The van der Waals surface area contributed by atoms with Crippen molar-refractivity contribution in [3.8, 4) is 5.75 Å². The van der Waals surface area contributed by atoms with Gasteiger partial charge in [-0.2, -0.15) is 5.10 Å². The maximum absolute atomic E-state index is 11.9. The molecule has 0 spiro atoms. The van der Waals surface area contributed by atoms with E-state index in [9.17, 15) is 4.79 Å². The number of rotatable bonds is 9. The predicted molar refractivity (Wildman–Crippen MR) is 105 cm³/mol. The van der Waals surface area contributed by atoms with Crippen molar-refractivity contribution in [1.82, 2.24) is 5.43 Å². The van der Waals surface area contributed by atoms with Crippen LogP contribution in [0.25, 0.3) is 0 Å². The topological polar surface area (TPSA) is 50.7 Å². The molecule has 1 amide bonds. The van der Waals surface area contributed by atoms with Gasteiger partial charge in [0.05, 0.1) is 12.8 Å². The molecule has 0 atom stereocenters. The number of benzene rings is 2. The molecule has 0 radical (unpaired) electrons. The molecule has 0 heterocycles. The second-order valence-corrected chi connectivity index (χ2v) is 6.60. The van der Waals surface area contributed by atoms with Gasteiger partial charge in [0.1, 0.15) is 5.75 Å². The van der Waals surface area contributed by atoms with E-state index in [4.69, 9.17) is 4.74 Å². The van der Waals surface area contributed by atoms with Crippen molar-refractivity contribution in [3.05, 3.63) is 64.1 Å². The van der Waals surface area contributed by atoms with Crippen LogP contribution in [0.4, 0.5) is 0 Å². The van der Waals surface area contributed by atoms with Gasteiger partial charge in [0.2, 0.25) is 0 Å². The molecule has 25 heavy (non-hydrogen) atoms. The first-order chi connectivity index (χ1) is 12.2. The third-order valence-corrected chi connectivity index (χ3v) is 4.16. The van der Waals surface area contributed by atoms with Crippen LogP contribution in [0.15, 0.2) is 58.1 Å². The molecule has 0 bridgehead atoms. The van der Waals surface area contributed by atoms with Crippen molar-refractivity contribution in [3.63, 3.8) is 0 Å². The molecule has 2 aromatic rings. The second kappa shape index (κ2) is 10.7. The number of hydrogen-bond acceptors (Lipinski definition) is 3. The van der Waals surface area contributed by atoms with Crippen molar-refractivity contribution in [2.24, 2.45) is 5.10 Å². The number of ether oxygens (including phenoxy) is 1. The molecule has 0 aliphatic carbocycles. The Hall–Kier alpha value is -2.14. The van der Waals surface area contributed by atoms with Crippen LogP contribution in [0.3, 0.4) is 0 Å². The van der Waals surface area contributed by atoms with Gasteiger partial charge < -0.3 is 4.74 Å². The molecule has 0 aliphatic heterocycles. The van der Waals surface area contributed by atoms with E-state index in [1.165, 1.54) is 19.3 Å². The largest absolute Gasteiger partial charge is 0.494 e. The van der Waals surface area contributed by atoms with Gasteiger partial charge in [0.15, 0.2) is 0 Å². The molecule has 2 rings (SSSR count). The third-order valence-electron chi connectivity index (χ3n) is 3.63. The minimum Gasteiger partial charge on any atom is -0.494 e. The van der Waals surface area contributed by atoms with Crippen LogP contribution in [-0.2, 0) is 0 Å². The first-order valence-electron chi connectivity index (χ1n) is 8.51. The van der Waals surface area contributed by atoms with Crippen LogP contribution < -0.4 is 10.2 Å².